The Morgan fingerprint density at radius 2 is 2.22 bits per heavy atom. The van der Waals surface area contributed by atoms with Crippen molar-refractivity contribution in [2.24, 2.45) is 5.73 Å². The van der Waals surface area contributed by atoms with Gasteiger partial charge in [0.15, 0.2) is 5.75 Å². The van der Waals surface area contributed by atoms with Crippen molar-refractivity contribution in [2.75, 3.05) is 6.61 Å². The fourth-order valence-electron chi connectivity index (χ4n) is 1.59. The van der Waals surface area contributed by atoms with E-state index in [-0.39, 0.29) is 17.5 Å². The van der Waals surface area contributed by atoms with Crippen molar-refractivity contribution < 1.29 is 14.8 Å². The second-order valence-corrected chi connectivity index (χ2v) is 4.17. The zero-order chi connectivity index (χ0) is 13.7. The van der Waals surface area contributed by atoms with Crippen LogP contribution in [0.15, 0.2) is 12.1 Å². The fourth-order valence-corrected chi connectivity index (χ4v) is 1.59. The van der Waals surface area contributed by atoms with Crippen LogP contribution in [0, 0.1) is 10.1 Å². The third-order valence-corrected chi connectivity index (χ3v) is 2.50. The molecular weight excluding hydrogens is 236 g/mol. The zero-order valence-corrected chi connectivity index (χ0v) is 10.5. The molecule has 1 unspecified atom stereocenters. The molecule has 1 atom stereocenters. The summed E-state index contributed by atoms with van der Waals surface area (Å²) in [7, 11) is 0. The number of benzene rings is 1. The summed E-state index contributed by atoms with van der Waals surface area (Å²) in [6.45, 7) is 3.96. The van der Waals surface area contributed by atoms with Crippen molar-refractivity contribution in [3.63, 3.8) is 0 Å². The van der Waals surface area contributed by atoms with Gasteiger partial charge in [-0.25, -0.2) is 0 Å². The molecule has 100 valence electrons. The molecule has 0 aliphatic carbocycles. The van der Waals surface area contributed by atoms with Gasteiger partial charge in [0.05, 0.1) is 11.5 Å². The highest BCUT2D eigenvalue weighted by molar-refractivity contribution is 5.57. The Labute approximate surface area is 106 Å². The first kappa shape index (κ1) is 14.2. The molecule has 0 amide bonds. The monoisotopic (exact) mass is 254 g/mol. The lowest BCUT2D eigenvalue weighted by molar-refractivity contribution is -0.386. The number of aromatic hydroxyl groups is 1. The number of nitrogens with zero attached hydrogens (tertiary/aromatic N) is 1. The molecule has 3 N–H and O–H groups in total. The van der Waals surface area contributed by atoms with E-state index in [9.17, 15) is 15.2 Å². The van der Waals surface area contributed by atoms with Crippen LogP contribution >= 0.6 is 0 Å². The Kier molecular flexibility index (Phi) is 4.91. The number of aryl methyl sites for hydroxylation is 1. The van der Waals surface area contributed by atoms with Gasteiger partial charge >= 0.3 is 5.69 Å². The van der Waals surface area contributed by atoms with Gasteiger partial charge in [0.25, 0.3) is 0 Å². The lowest BCUT2D eigenvalue weighted by atomic mass is 10.0. The second-order valence-electron chi connectivity index (χ2n) is 4.17. The van der Waals surface area contributed by atoms with Gasteiger partial charge in [-0.1, -0.05) is 0 Å². The van der Waals surface area contributed by atoms with E-state index < -0.39 is 10.7 Å². The summed E-state index contributed by atoms with van der Waals surface area (Å²) in [6.07, 6.45) is 1.33. The predicted octanol–water partition coefficient (Wildman–Crippen LogP) is 1.98. The molecule has 0 aliphatic rings. The predicted molar refractivity (Wildman–Crippen MR) is 67.9 cm³/mol. The highest BCUT2D eigenvalue weighted by Gasteiger charge is 2.20. The van der Waals surface area contributed by atoms with E-state index in [4.69, 9.17) is 10.5 Å². The maximum Gasteiger partial charge on any atom is 0.314 e. The lowest BCUT2D eigenvalue weighted by Gasteiger charge is -2.10. The highest BCUT2D eigenvalue weighted by atomic mass is 16.6. The molecule has 0 heterocycles. The molecule has 6 heteroatoms. The van der Waals surface area contributed by atoms with E-state index in [1.807, 2.05) is 6.92 Å². The Balaban J connectivity index is 3.08. The largest absolute Gasteiger partial charge is 0.500 e. The molecule has 0 radical (unpaired) electrons. The Hall–Kier alpha value is -1.82. The van der Waals surface area contributed by atoms with Crippen molar-refractivity contribution in [3.05, 3.63) is 27.8 Å². The summed E-state index contributed by atoms with van der Waals surface area (Å²) in [5.41, 5.74) is 6.05. The van der Waals surface area contributed by atoms with Gasteiger partial charge in [0, 0.05) is 12.1 Å². The first-order valence-corrected chi connectivity index (χ1v) is 5.84. The topological polar surface area (TPSA) is 98.6 Å². The van der Waals surface area contributed by atoms with Gasteiger partial charge in [0.2, 0.25) is 5.75 Å². The summed E-state index contributed by atoms with van der Waals surface area (Å²) in [5.74, 6) is -0.280. The maximum atomic E-state index is 10.8. The SMILES string of the molecule is CCOc1cc(CCC(C)N)cc([N+](=O)[O-])c1O. The molecule has 1 aromatic carbocycles. The van der Waals surface area contributed by atoms with Crippen LogP contribution in [0.1, 0.15) is 25.8 Å². The summed E-state index contributed by atoms with van der Waals surface area (Å²) in [4.78, 5) is 10.2. The van der Waals surface area contributed by atoms with Gasteiger partial charge in [-0.15, -0.1) is 0 Å². The molecule has 0 bridgehead atoms. The number of rotatable bonds is 6. The van der Waals surface area contributed by atoms with E-state index in [1.54, 1.807) is 13.0 Å². The normalized spacial score (nSPS) is 12.2. The minimum atomic E-state index is -0.618. The summed E-state index contributed by atoms with van der Waals surface area (Å²) in [5, 5.41) is 20.5. The van der Waals surface area contributed by atoms with Crippen LogP contribution in [-0.4, -0.2) is 22.7 Å². The smallest absolute Gasteiger partial charge is 0.314 e. The minimum Gasteiger partial charge on any atom is -0.500 e. The number of nitrogens with two attached hydrogens (primary N) is 1. The Bertz CT molecular complexity index is 432. The van der Waals surface area contributed by atoms with E-state index in [0.29, 0.717) is 19.4 Å². The fraction of sp³-hybridized carbons (Fsp3) is 0.500. The molecule has 0 fully saturated rings. The van der Waals surface area contributed by atoms with Crippen LogP contribution in [0.4, 0.5) is 5.69 Å². The third-order valence-electron chi connectivity index (χ3n) is 2.50. The highest BCUT2D eigenvalue weighted by Crippen LogP contribution is 2.37. The molecule has 0 aliphatic heterocycles. The average molecular weight is 254 g/mol. The van der Waals surface area contributed by atoms with Crippen LogP contribution in [0.2, 0.25) is 0 Å². The quantitative estimate of drug-likeness (QED) is 0.597. The minimum absolute atomic E-state index is 0.0217. The molecule has 1 aromatic rings. The van der Waals surface area contributed by atoms with E-state index >= 15 is 0 Å². The third kappa shape index (κ3) is 3.59. The molecule has 18 heavy (non-hydrogen) atoms. The van der Waals surface area contributed by atoms with Crippen LogP contribution < -0.4 is 10.5 Å². The van der Waals surface area contributed by atoms with Crippen LogP contribution in [0.25, 0.3) is 0 Å². The molecule has 0 saturated heterocycles. The molecule has 0 saturated carbocycles. The number of ether oxygens (including phenoxy) is 1. The number of phenols is 1. The van der Waals surface area contributed by atoms with Crippen molar-refractivity contribution in [3.8, 4) is 11.5 Å². The second kappa shape index (κ2) is 6.20. The van der Waals surface area contributed by atoms with Crippen LogP contribution in [0.5, 0.6) is 11.5 Å². The van der Waals surface area contributed by atoms with E-state index in [2.05, 4.69) is 0 Å². The first-order chi connectivity index (χ1) is 8.45. The Morgan fingerprint density at radius 1 is 1.56 bits per heavy atom. The molecule has 0 aromatic heterocycles. The number of nitro benzene ring substituents is 1. The molecule has 6 nitrogen and oxygen atoms in total. The average Bonchev–Trinajstić information content (AvgIpc) is 2.29. The van der Waals surface area contributed by atoms with Crippen LogP contribution in [0.3, 0.4) is 0 Å². The van der Waals surface area contributed by atoms with Gasteiger partial charge < -0.3 is 15.6 Å². The number of hydrogen-bond donors (Lipinski definition) is 2. The Morgan fingerprint density at radius 3 is 2.72 bits per heavy atom. The van der Waals surface area contributed by atoms with Gasteiger partial charge in [-0.3, -0.25) is 10.1 Å². The summed E-state index contributed by atoms with van der Waals surface area (Å²) < 4.78 is 5.19. The number of phenolic OH excluding ortho intramolecular Hbond substituents is 1. The van der Waals surface area contributed by atoms with E-state index in [1.165, 1.54) is 6.07 Å². The van der Waals surface area contributed by atoms with Crippen molar-refractivity contribution in [1.29, 1.82) is 0 Å². The lowest BCUT2D eigenvalue weighted by Crippen LogP contribution is -2.15. The first-order valence-electron chi connectivity index (χ1n) is 5.84. The van der Waals surface area contributed by atoms with Crippen molar-refractivity contribution in [1.82, 2.24) is 0 Å². The van der Waals surface area contributed by atoms with Gasteiger partial charge in [0.1, 0.15) is 0 Å². The van der Waals surface area contributed by atoms with E-state index in [0.717, 1.165) is 5.56 Å². The zero-order valence-electron chi connectivity index (χ0n) is 10.5. The number of nitro groups is 1. The van der Waals surface area contributed by atoms with Crippen LogP contribution in [-0.2, 0) is 6.42 Å². The molecule has 0 spiro atoms. The van der Waals surface area contributed by atoms with Crippen molar-refractivity contribution >= 4 is 5.69 Å². The van der Waals surface area contributed by atoms with Gasteiger partial charge in [-0.2, -0.15) is 0 Å². The number of hydrogen-bond acceptors (Lipinski definition) is 5. The summed E-state index contributed by atoms with van der Waals surface area (Å²) >= 11 is 0. The standard InChI is InChI=1S/C12H18N2O4/c1-3-18-11-7-9(5-4-8(2)13)6-10(12(11)15)14(16)17/h6-8,15H,3-5,13H2,1-2H3. The van der Waals surface area contributed by atoms with Gasteiger partial charge in [-0.05, 0) is 38.3 Å². The molecular formula is C12H18N2O4. The maximum absolute atomic E-state index is 10.8. The summed E-state index contributed by atoms with van der Waals surface area (Å²) in [6, 6.07) is 3.00. The molecule has 1 rings (SSSR count). The van der Waals surface area contributed by atoms with Crippen molar-refractivity contribution in [2.45, 2.75) is 32.7 Å².